The van der Waals surface area contributed by atoms with E-state index in [1.54, 1.807) is 6.07 Å². The molecule has 1 fully saturated rings. The van der Waals surface area contributed by atoms with Crippen LogP contribution in [0.3, 0.4) is 0 Å². The first-order chi connectivity index (χ1) is 11.5. The van der Waals surface area contributed by atoms with Crippen LogP contribution in [0.4, 0.5) is 0 Å². The van der Waals surface area contributed by atoms with Crippen LogP contribution in [0.25, 0.3) is 0 Å². The van der Waals surface area contributed by atoms with Crippen molar-refractivity contribution in [3.05, 3.63) is 23.8 Å². The number of hydrogen-bond donors (Lipinski definition) is 2. The van der Waals surface area contributed by atoms with E-state index in [2.05, 4.69) is 26.1 Å². The zero-order chi connectivity index (χ0) is 17.9. The van der Waals surface area contributed by atoms with Gasteiger partial charge in [0.1, 0.15) is 0 Å². The quantitative estimate of drug-likeness (QED) is 0.843. The fraction of sp³-hybridized carbons (Fsp3) is 0.650. The van der Waals surface area contributed by atoms with Crippen molar-refractivity contribution in [2.75, 3.05) is 13.7 Å². The molecule has 0 aromatic heterocycles. The summed E-state index contributed by atoms with van der Waals surface area (Å²) in [5.74, 6) is 1.65. The Morgan fingerprint density at radius 3 is 2.67 bits per heavy atom. The minimum atomic E-state index is 0.140. The number of phenols is 1. The Morgan fingerprint density at radius 1 is 1.33 bits per heavy atom. The van der Waals surface area contributed by atoms with Crippen LogP contribution >= 0.6 is 0 Å². The summed E-state index contributed by atoms with van der Waals surface area (Å²) in [4.78, 5) is 12.1. The maximum Gasteiger partial charge on any atom is 0.223 e. The Hall–Kier alpha value is -1.71. The van der Waals surface area contributed by atoms with Crippen molar-refractivity contribution in [2.45, 2.75) is 59.3 Å². The van der Waals surface area contributed by atoms with Gasteiger partial charge in [0.15, 0.2) is 11.5 Å². The summed E-state index contributed by atoms with van der Waals surface area (Å²) in [7, 11) is 1.53. The molecule has 1 aromatic rings. The lowest BCUT2D eigenvalue weighted by Crippen LogP contribution is -2.34. The van der Waals surface area contributed by atoms with Crippen molar-refractivity contribution >= 4 is 5.91 Å². The highest BCUT2D eigenvalue weighted by Crippen LogP contribution is 2.29. The summed E-state index contributed by atoms with van der Waals surface area (Å²) < 4.78 is 5.08. The molecule has 2 atom stereocenters. The van der Waals surface area contributed by atoms with Gasteiger partial charge in [-0.25, -0.2) is 0 Å². The number of methoxy groups -OCH3 is 1. The van der Waals surface area contributed by atoms with E-state index in [-0.39, 0.29) is 17.6 Å². The standard InChI is InChI=1S/C17H25NO3.C3H8/c1-12-4-3-5-14(10-12)17(20)18-9-8-13-6-7-15(19)16(11-13)21-2;1-3-2/h6-7,11-12,14,19H,3-5,8-10H2,1-2H3,(H,18,20);3H2,1-2H3. The largest absolute Gasteiger partial charge is 0.504 e. The Bertz CT molecular complexity index is 502. The highest BCUT2D eigenvalue weighted by molar-refractivity contribution is 5.78. The summed E-state index contributed by atoms with van der Waals surface area (Å²) in [6.07, 6.45) is 6.43. The van der Waals surface area contributed by atoms with Crippen LogP contribution in [0.2, 0.25) is 0 Å². The van der Waals surface area contributed by atoms with Crippen LogP contribution in [-0.4, -0.2) is 24.7 Å². The van der Waals surface area contributed by atoms with Crippen LogP contribution in [-0.2, 0) is 11.2 Å². The van der Waals surface area contributed by atoms with Crippen molar-refractivity contribution in [1.29, 1.82) is 0 Å². The third-order valence-corrected chi connectivity index (χ3v) is 4.26. The monoisotopic (exact) mass is 335 g/mol. The van der Waals surface area contributed by atoms with Crippen molar-refractivity contribution < 1.29 is 14.6 Å². The second kappa shape index (κ2) is 11.0. The van der Waals surface area contributed by atoms with Gasteiger partial charge in [0.2, 0.25) is 5.91 Å². The van der Waals surface area contributed by atoms with Crippen molar-refractivity contribution in [3.8, 4) is 11.5 Å². The van der Waals surface area contributed by atoms with Crippen LogP contribution in [0.1, 0.15) is 58.4 Å². The molecular formula is C20H33NO3. The second-order valence-corrected chi connectivity index (χ2v) is 6.72. The van der Waals surface area contributed by atoms with Gasteiger partial charge < -0.3 is 15.2 Å². The van der Waals surface area contributed by atoms with Crippen LogP contribution < -0.4 is 10.1 Å². The number of nitrogens with one attached hydrogen (secondary N) is 1. The Morgan fingerprint density at radius 2 is 2.04 bits per heavy atom. The lowest BCUT2D eigenvalue weighted by Gasteiger charge is -2.25. The molecule has 0 saturated heterocycles. The number of carbonyl (C=O) groups is 1. The topological polar surface area (TPSA) is 58.6 Å². The summed E-state index contributed by atoms with van der Waals surface area (Å²) in [5, 5.41) is 12.6. The third-order valence-electron chi connectivity index (χ3n) is 4.26. The molecule has 136 valence electrons. The van der Waals surface area contributed by atoms with Gasteiger partial charge in [-0.05, 0) is 42.9 Å². The van der Waals surface area contributed by atoms with E-state index in [9.17, 15) is 9.90 Å². The maximum absolute atomic E-state index is 12.1. The molecule has 1 amide bonds. The molecule has 0 radical (unpaired) electrons. The Labute approximate surface area is 146 Å². The molecule has 1 aliphatic carbocycles. The number of rotatable bonds is 5. The minimum absolute atomic E-state index is 0.140. The van der Waals surface area contributed by atoms with Crippen molar-refractivity contribution in [1.82, 2.24) is 5.32 Å². The van der Waals surface area contributed by atoms with Crippen molar-refractivity contribution in [3.63, 3.8) is 0 Å². The van der Waals surface area contributed by atoms with Gasteiger partial charge in [-0.15, -0.1) is 0 Å². The molecule has 1 saturated carbocycles. The van der Waals surface area contributed by atoms with E-state index in [1.165, 1.54) is 20.0 Å². The van der Waals surface area contributed by atoms with Gasteiger partial charge >= 0.3 is 0 Å². The Balaban J connectivity index is 0.000000891. The number of ether oxygens (including phenoxy) is 1. The van der Waals surface area contributed by atoms with Gasteiger partial charge in [0.05, 0.1) is 7.11 Å². The van der Waals surface area contributed by atoms with Crippen LogP contribution in [0.15, 0.2) is 18.2 Å². The smallest absolute Gasteiger partial charge is 0.223 e. The maximum atomic E-state index is 12.1. The molecule has 2 N–H and O–H groups in total. The molecule has 4 heteroatoms. The van der Waals surface area contributed by atoms with E-state index in [1.807, 2.05) is 12.1 Å². The first-order valence-corrected chi connectivity index (χ1v) is 9.15. The molecule has 0 heterocycles. The van der Waals surface area contributed by atoms with Gasteiger partial charge in [-0.1, -0.05) is 46.1 Å². The average Bonchev–Trinajstić information content (AvgIpc) is 2.57. The third kappa shape index (κ3) is 6.81. The molecule has 0 bridgehead atoms. The highest BCUT2D eigenvalue weighted by Gasteiger charge is 2.24. The van der Waals surface area contributed by atoms with Gasteiger partial charge in [0, 0.05) is 12.5 Å². The fourth-order valence-corrected chi connectivity index (χ4v) is 3.02. The summed E-state index contributed by atoms with van der Waals surface area (Å²) in [5.41, 5.74) is 1.04. The van der Waals surface area contributed by atoms with Gasteiger partial charge in [-0.2, -0.15) is 0 Å². The average molecular weight is 335 g/mol. The lowest BCUT2D eigenvalue weighted by molar-refractivity contribution is -0.126. The molecule has 2 unspecified atom stereocenters. The highest BCUT2D eigenvalue weighted by atomic mass is 16.5. The normalized spacial score (nSPS) is 19.8. The van der Waals surface area contributed by atoms with E-state index in [0.717, 1.165) is 31.2 Å². The molecular weight excluding hydrogens is 302 g/mol. The van der Waals surface area contributed by atoms with E-state index in [4.69, 9.17) is 4.74 Å². The molecule has 0 spiro atoms. The molecule has 0 aliphatic heterocycles. The van der Waals surface area contributed by atoms with E-state index < -0.39 is 0 Å². The zero-order valence-electron chi connectivity index (χ0n) is 15.6. The second-order valence-electron chi connectivity index (χ2n) is 6.72. The molecule has 24 heavy (non-hydrogen) atoms. The van der Waals surface area contributed by atoms with Crippen LogP contribution in [0.5, 0.6) is 11.5 Å². The zero-order valence-corrected chi connectivity index (χ0v) is 15.6. The Kier molecular flexibility index (Phi) is 9.28. The number of carbonyl (C=O) groups excluding carboxylic acids is 1. The number of benzene rings is 1. The summed E-state index contributed by atoms with van der Waals surface area (Å²) >= 11 is 0. The van der Waals surface area contributed by atoms with Crippen molar-refractivity contribution in [2.24, 2.45) is 11.8 Å². The first kappa shape index (κ1) is 20.3. The molecule has 4 nitrogen and oxygen atoms in total. The predicted octanol–water partition coefficient (Wildman–Crippen LogP) is 4.30. The van der Waals surface area contributed by atoms with Crippen LogP contribution in [0, 0.1) is 11.8 Å². The van der Waals surface area contributed by atoms with E-state index in [0.29, 0.717) is 18.2 Å². The number of phenolic OH excluding ortho intramolecular Hbond substituents is 1. The number of hydrogen-bond acceptors (Lipinski definition) is 3. The minimum Gasteiger partial charge on any atom is -0.504 e. The molecule has 1 aromatic carbocycles. The summed E-state index contributed by atoms with van der Waals surface area (Å²) in [6, 6.07) is 5.29. The van der Waals surface area contributed by atoms with Gasteiger partial charge in [0.25, 0.3) is 0 Å². The predicted molar refractivity (Wildman–Crippen MR) is 98.5 cm³/mol. The molecule has 2 rings (SSSR count). The first-order valence-electron chi connectivity index (χ1n) is 9.15. The summed E-state index contributed by atoms with van der Waals surface area (Å²) in [6.45, 7) is 7.10. The van der Waals surface area contributed by atoms with Gasteiger partial charge in [-0.3, -0.25) is 4.79 Å². The SMILES string of the molecule is CCC.COc1cc(CCNC(=O)C2CCCC(C)C2)ccc1O. The fourth-order valence-electron chi connectivity index (χ4n) is 3.02. The number of aromatic hydroxyl groups is 1. The lowest BCUT2D eigenvalue weighted by atomic mass is 9.82. The molecule has 1 aliphatic rings. The van der Waals surface area contributed by atoms with E-state index >= 15 is 0 Å². The number of amides is 1.